The highest BCUT2D eigenvalue weighted by molar-refractivity contribution is 7.89. The summed E-state index contributed by atoms with van der Waals surface area (Å²) in [6.07, 6.45) is 3.97. The molecule has 1 aliphatic carbocycles. The van der Waals surface area contributed by atoms with Crippen molar-refractivity contribution in [3.8, 4) is 5.75 Å². The number of hydrogen-bond donors (Lipinski definition) is 1. The molecule has 2 atom stereocenters. The molecule has 0 spiro atoms. The Kier molecular flexibility index (Phi) is 10.2. The molecule has 11 nitrogen and oxygen atoms in total. The Bertz CT molecular complexity index is 1420. The molecule has 0 bridgehead atoms. The summed E-state index contributed by atoms with van der Waals surface area (Å²) in [4.78, 5) is 43.5. The number of ether oxygens (including phenoxy) is 2. The first-order chi connectivity index (χ1) is 21.1. The molecule has 0 radical (unpaired) electrons. The smallest absolute Gasteiger partial charge is 0.415 e. The van der Waals surface area contributed by atoms with E-state index < -0.39 is 40.1 Å². The van der Waals surface area contributed by atoms with E-state index >= 15 is 0 Å². The summed E-state index contributed by atoms with van der Waals surface area (Å²) in [5.41, 5.74) is 1.66. The molecule has 5 rings (SSSR count). The van der Waals surface area contributed by atoms with Crippen molar-refractivity contribution >= 4 is 28.0 Å². The van der Waals surface area contributed by atoms with E-state index in [0.717, 1.165) is 49.9 Å². The number of esters is 1. The molecule has 3 fully saturated rings. The number of hydrogen-bond acceptors (Lipinski definition) is 8. The third-order valence-electron chi connectivity index (χ3n) is 8.65. The largest absolute Gasteiger partial charge is 0.461 e. The van der Waals surface area contributed by atoms with Crippen LogP contribution in [0.5, 0.6) is 5.75 Å². The summed E-state index contributed by atoms with van der Waals surface area (Å²) in [6, 6.07) is 11.4. The monoisotopic (exact) mass is 626 g/mol. The number of piperazine rings is 1. The van der Waals surface area contributed by atoms with Gasteiger partial charge in [0.1, 0.15) is 23.9 Å². The van der Waals surface area contributed by atoms with Crippen molar-refractivity contribution in [1.82, 2.24) is 19.4 Å². The lowest BCUT2D eigenvalue weighted by Crippen LogP contribution is -2.52. The molecule has 2 saturated heterocycles. The van der Waals surface area contributed by atoms with E-state index in [-0.39, 0.29) is 24.0 Å². The van der Waals surface area contributed by atoms with Gasteiger partial charge in [-0.15, -0.1) is 0 Å². The lowest BCUT2D eigenvalue weighted by atomic mass is 10.0. The minimum absolute atomic E-state index is 0.133. The molecule has 238 valence electrons. The van der Waals surface area contributed by atoms with Crippen LogP contribution < -0.4 is 10.1 Å². The molecule has 3 aliphatic rings. The highest BCUT2D eigenvalue weighted by Gasteiger charge is 2.41. The van der Waals surface area contributed by atoms with E-state index in [1.807, 2.05) is 14.0 Å². The Morgan fingerprint density at radius 1 is 0.886 bits per heavy atom. The quantitative estimate of drug-likeness (QED) is 0.421. The van der Waals surface area contributed by atoms with Gasteiger partial charge in [-0.25, -0.2) is 18.0 Å². The van der Waals surface area contributed by atoms with Crippen LogP contribution in [0.15, 0.2) is 53.4 Å². The van der Waals surface area contributed by atoms with Crippen molar-refractivity contribution < 1.29 is 32.3 Å². The molecule has 1 saturated carbocycles. The number of aryl methyl sites for hydroxylation is 1. The van der Waals surface area contributed by atoms with Gasteiger partial charge >= 0.3 is 12.1 Å². The highest BCUT2D eigenvalue weighted by Crippen LogP contribution is 2.27. The van der Waals surface area contributed by atoms with Crippen molar-refractivity contribution in [2.45, 2.75) is 75.0 Å². The first kappa shape index (κ1) is 31.9. The Hall–Kier alpha value is -3.48. The average Bonchev–Trinajstić information content (AvgIpc) is 3.71. The van der Waals surface area contributed by atoms with E-state index in [2.05, 4.69) is 10.2 Å². The first-order valence-corrected chi connectivity index (χ1v) is 16.9. The molecule has 2 aliphatic heterocycles. The fourth-order valence-electron chi connectivity index (χ4n) is 5.93. The SMILES string of the molecule is Cc1ccc(S(=O)(=O)N2CCC[C@H]2C(=O)N[C@@H](Cc2ccc(OC(=O)N3CCN(C)CC3)cc2)C(=O)OC2CCCC2)cc1. The van der Waals surface area contributed by atoms with Gasteiger partial charge < -0.3 is 24.6 Å². The van der Waals surface area contributed by atoms with E-state index in [1.165, 1.54) is 4.31 Å². The van der Waals surface area contributed by atoms with Crippen LogP contribution in [-0.4, -0.2) is 98.5 Å². The zero-order valence-corrected chi connectivity index (χ0v) is 26.3. The van der Waals surface area contributed by atoms with E-state index in [1.54, 1.807) is 53.4 Å². The fourth-order valence-corrected chi connectivity index (χ4v) is 7.59. The second kappa shape index (κ2) is 14.1. The lowest BCUT2D eigenvalue weighted by Gasteiger charge is -2.31. The van der Waals surface area contributed by atoms with Gasteiger partial charge in [-0.1, -0.05) is 29.8 Å². The van der Waals surface area contributed by atoms with Crippen molar-refractivity contribution in [2.75, 3.05) is 39.8 Å². The molecule has 2 aromatic rings. The molecule has 2 heterocycles. The van der Waals surface area contributed by atoms with Crippen LogP contribution >= 0.6 is 0 Å². The Labute approximate surface area is 259 Å². The van der Waals surface area contributed by atoms with Crippen LogP contribution in [0.4, 0.5) is 4.79 Å². The van der Waals surface area contributed by atoms with E-state index in [4.69, 9.17) is 9.47 Å². The minimum Gasteiger partial charge on any atom is -0.461 e. The average molecular weight is 627 g/mol. The normalized spacial score (nSPS) is 20.8. The summed E-state index contributed by atoms with van der Waals surface area (Å²) >= 11 is 0. The number of likely N-dealkylation sites (N-methyl/N-ethyl adjacent to an activating group) is 1. The van der Waals surface area contributed by atoms with Gasteiger partial charge in [0.25, 0.3) is 0 Å². The van der Waals surface area contributed by atoms with Crippen molar-refractivity contribution in [3.05, 3.63) is 59.7 Å². The third-order valence-corrected chi connectivity index (χ3v) is 10.6. The van der Waals surface area contributed by atoms with Crippen LogP contribution in [0.1, 0.15) is 49.7 Å². The topological polar surface area (TPSA) is 126 Å². The molecule has 0 unspecified atom stereocenters. The zero-order chi connectivity index (χ0) is 31.3. The summed E-state index contributed by atoms with van der Waals surface area (Å²) < 4.78 is 39.4. The number of nitrogens with zero attached hydrogens (tertiary/aromatic N) is 3. The van der Waals surface area contributed by atoms with Crippen LogP contribution in [0.25, 0.3) is 0 Å². The lowest BCUT2D eigenvalue weighted by molar-refractivity contribution is -0.153. The van der Waals surface area contributed by atoms with Gasteiger partial charge in [0, 0.05) is 39.1 Å². The molecular formula is C32H42N4O7S. The maximum atomic E-state index is 13.6. The number of carbonyl (C=O) groups excluding carboxylic acids is 3. The van der Waals surface area contributed by atoms with Crippen LogP contribution in [0.3, 0.4) is 0 Å². The van der Waals surface area contributed by atoms with Crippen molar-refractivity contribution in [2.24, 2.45) is 0 Å². The first-order valence-electron chi connectivity index (χ1n) is 15.4. The predicted octanol–water partition coefficient (Wildman–Crippen LogP) is 3.11. The van der Waals surface area contributed by atoms with Gasteiger partial charge in [0.05, 0.1) is 4.90 Å². The van der Waals surface area contributed by atoms with Crippen molar-refractivity contribution in [3.63, 3.8) is 0 Å². The summed E-state index contributed by atoms with van der Waals surface area (Å²) in [5.74, 6) is -0.680. The molecule has 2 amide bonds. The fraction of sp³-hybridized carbons (Fsp3) is 0.531. The number of benzene rings is 2. The summed E-state index contributed by atoms with van der Waals surface area (Å²) in [6.45, 7) is 4.87. The van der Waals surface area contributed by atoms with Crippen LogP contribution in [-0.2, 0) is 30.8 Å². The predicted molar refractivity (Wildman–Crippen MR) is 164 cm³/mol. The second-order valence-corrected chi connectivity index (χ2v) is 13.9. The highest BCUT2D eigenvalue weighted by atomic mass is 32.2. The number of sulfonamides is 1. The standard InChI is InChI=1S/C32H42N4O7S/c1-23-9-15-27(16-10-23)44(40,41)36-17-5-8-29(36)30(37)33-28(31(38)42-25-6-3-4-7-25)22-24-11-13-26(14-12-24)43-32(39)35-20-18-34(2)19-21-35/h9-16,25,28-29H,3-8,17-22H2,1-2H3,(H,33,37)/t28-,29-/m0/s1. The molecule has 12 heteroatoms. The number of rotatable bonds is 9. The van der Waals surface area contributed by atoms with E-state index in [0.29, 0.717) is 31.7 Å². The maximum Gasteiger partial charge on any atom is 0.415 e. The molecular weight excluding hydrogens is 584 g/mol. The summed E-state index contributed by atoms with van der Waals surface area (Å²) in [5, 5.41) is 2.82. The molecule has 44 heavy (non-hydrogen) atoms. The molecule has 0 aromatic heterocycles. The van der Waals surface area contributed by atoms with Gasteiger partial charge in [-0.2, -0.15) is 4.31 Å². The minimum atomic E-state index is -3.90. The number of carbonyl (C=O) groups is 3. The molecule has 1 N–H and O–H groups in total. The second-order valence-electron chi connectivity index (χ2n) is 12.0. The number of amides is 2. The van der Waals surface area contributed by atoms with Crippen molar-refractivity contribution in [1.29, 1.82) is 0 Å². The maximum absolute atomic E-state index is 13.6. The van der Waals surface area contributed by atoms with Gasteiger partial charge in [-0.05, 0) is 82.3 Å². The van der Waals surface area contributed by atoms with Crippen LogP contribution in [0, 0.1) is 6.92 Å². The Morgan fingerprint density at radius 2 is 1.55 bits per heavy atom. The van der Waals surface area contributed by atoms with Crippen LogP contribution in [0.2, 0.25) is 0 Å². The molecule has 2 aromatic carbocycles. The summed E-state index contributed by atoms with van der Waals surface area (Å²) in [7, 11) is -1.89. The third kappa shape index (κ3) is 7.77. The Morgan fingerprint density at radius 3 is 2.20 bits per heavy atom. The van der Waals surface area contributed by atoms with Gasteiger partial charge in [-0.3, -0.25) is 4.79 Å². The Balaban J connectivity index is 1.27. The van der Waals surface area contributed by atoms with Gasteiger partial charge in [0.15, 0.2) is 0 Å². The number of nitrogens with one attached hydrogen (secondary N) is 1. The van der Waals surface area contributed by atoms with Gasteiger partial charge in [0.2, 0.25) is 15.9 Å². The van der Waals surface area contributed by atoms with E-state index in [9.17, 15) is 22.8 Å². The zero-order valence-electron chi connectivity index (χ0n) is 25.4.